The minimum Gasteiger partial charge on any atom is -0.355 e. The Bertz CT molecular complexity index is 600. The molecule has 3 fully saturated rings. The summed E-state index contributed by atoms with van der Waals surface area (Å²) in [7, 11) is 0. The summed E-state index contributed by atoms with van der Waals surface area (Å²) in [6.07, 6.45) is 7.51. The molecule has 2 aliphatic heterocycles. The van der Waals surface area contributed by atoms with Crippen LogP contribution in [0.3, 0.4) is 0 Å². The van der Waals surface area contributed by atoms with Crippen molar-refractivity contribution in [2.75, 3.05) is 75.2 Å². The second kappa shape index (κ2) is 10.1. The van der Waals surface area contributed by atoms with Gasteiger partial charge in [0.1, 0.15) is 5.82 Å². The van der Waals surface area contributed by atoms with Crippen molar-refractivity contribution in [3.05, 3.63) is 11.8 Å². The lowest BCUT2D eigenvalue weighted by Crippen LogP contribution is -2.34. The summed E-state index contributed by atoms with van der Waals surface area (Å²) >= 11 is 0. The lowest BCUT2D eigenvalue weighted by molar-refractivity contribution is 0.294. The molecule has 29 heavy (non-hydrogen) atoms. The molecule has 6 nitrogen and oxygen atoms in total. The van der Waals surface area contributed by atoms with Crippen molar-refractivity contribution in [2.24, 2.45) is 0 Å². The van der Waals surface area contributed by atoms with Crippen LogP contribution in [0, 0.1) is 0 Å². The molecule has 1 aromatic heterocycles. The number of hydrogen-bond donors (Lipinski definition) is 0. The molecule has 0 spiro atoms. The van der Waals surface area contributed by atoms with Gasteiger partial charge in [0.05, 0.1) is 5.69 Å². The summed E-state index contributed by atoms with van der Waals surface area (Å²) in [5.74, 6) is 2.82. The summed E-state index contributed by atoms with van der Waals surface area (Å²) in [6.45, 7) is 16.0. The number of anilines is 2. The Kier molecular flexibility index (Phi) is 7.24. The maximum atomic E-state index is 5.12. The van der Waals surface area contributed by atoms with Gasteiger partial charge in [-0.25, -0.2) is 4.98 Å². The van der Waals surface area contributed by atoms with E-state index in [1.54, 1.807) is 0 Å². The third-order valence-corrected chi connectivity index (χ3v) is 6.58. The lowest BCUT2D eigenvalue weighted by Gasteiger charge is -2.26. The molecule has 6 heteroatoms. The molecule has 4 rings (SSSR count). The first-order valence-corrected chi connectivity index (χ1v) is 12.1. The fourth-order valence-electron chi connectivity index (χ4n) is 4.78. The Hall–Kier alpha value is -1.40. The summed E-state index contributed by atoms with van der Waals surface area (Å²) in [6, 6.07) is 2.30. The van der Waals surface area contributed by atoms with Gasteiger partial charge in [0, 0.05) is 51.3 Å². The van der Waals surface area contributed by atoms with Crippen LogP contribution in [0.2, 0.25) is 0 Å². The molecule has 2 saturated heterocycles. The smallest absolute Gasteiger partial charge is 0.227 e. The molecule has 0 N–H and O–H groups in total. The highest BCUT2D eigenvalue weighted by Gasteiger charge is 2.28. The molecule has 1 aliphatic carbocycles. The molecule has 0 atom stereocenters. The van der Waals surface area contributed by atoms with Crippen molar-refractivity contribution >= 4 is 11.8 Å². The molecule has 3 aliphatic rings. The predicted molar refractivity (Wildman–Crippen MR) is 121 cm³/mol. The average Bonchev–Trinajstić information content (AvgIpc) is 3.58. The quantitative estimate of drug-likeness (QED) is 0.700. The summed E-state index contributed by atoms with van der Waals surface area (Å²) < 4.78 is 0. The van der Waals surface area contributed by atoms with Gasteiger partial charge in [-0.05, 0) is 64.7 Å². The molecule has 1 aromatic rings. The maximum absolute atomic E-state index is 5.12. The van der Waals surface area contributed by atoms with Gasteiger partial charge in [0.15, 0.2) is 0 Å². The summed E-state index contributed by atoms with van der Waals surface area (Å²) in [5, 5.41) is 0. The van der Waals surface area contributed by atoms with E-state index in [0.29, 0.717) is 5.92 Å². The fraction of sp³-hybridized carbons (Fsp3) is 0.826. The number of rotatable bonds is 7. The van der Waals surface area contributed by atoms with Crippen LogP contribution in [0.5, 0.6) is 0 Å². The average molecular weight is 401 g/mol. The third kappa shape index (κ3) is 5.60. The van der Waals surface area contributed by atoms with E-state index in [1.165, 1.54) is 76.2 Å². The molecule has 0 amide bonds. The van der Waals surface area contributed by atoms with Gasteiger partial charge in [-0.3, -0.25) is 0 Å². The lowest BCUT2D eigenvalue weighted by atomic mass is 10.2. The maximum Gasteiger partial charge on any atom is 0.227 e. The van der Waals surface area contributed by atoms with Crippen molar-refractivity contribution in [3.63, 3.8) is 0 Å². The second-order valence-corrected chi connectivity index (χ2v) is 9.09. The first kappa shape index (κ1) is 20.9. The Morgan fingerprint density at radius 2 is 1.38 bits per heavy atom. The zero-order valence-corrected chi connectivity index (χ0v) is 18.7. The Morgan fingerprint density at radius 1 is 0.759 bits per heavy atom. The van der Waals surface area contributed by atoms with Crippen LogP contribution in [0.15, 0.2) is 6.07 Å². The van der Waals surface area contributed by atoms with Gasteiger partial charge in [0.2, 0.25) is 5.95 Å². The van der Waals surface area contributed by atoms with Crippen LogP contribution < -0.4 is 9.80 Å². The topological polar surface area (TPSA) is 38.7 Å². The standard InChI is InChI=1S/C23H40N6/c1-3-9-26-11-5-13-28(17-15-26)22-19-21(20-7-8-20)24-23(25-22)29-14-6-12-27(10-4-2)16-18-29/h19-20H,3-18H2,1-2H3. The van der Waals surface area contributed by atoms with Crippen molar-refractivity contribution in [3.8, 4) is 0 Å². The van der Waals surface area contributed by atoms with Crippen LogP contribution in [0.4, 0.5) is 11.8 Å². The fourth-order valence-corrected chi connectivity index (χ4v) is 4.78. The van der Waals surface area contributed by atoms with Crippen LogP contribution >= 0.6 is 0 Å². The van der Waals surface area contributed by atoms with Crippen molar-refractivity contribution in [1.82, 2.24) is 19.8 Å². The van der Waals surface area contributed by atoms with E-state index < -0.39 is 0 Å². The third-order valence-electron chi connectivity index (χ3n) is 6.58. The number of aromatic nitrogens is 2. The van der Waals surface area contributed by atoms with Gasteiger partial charge in [0.25, 0.3) is 0 Å². The van der Waals surface area contributed by atoms with Crippen LogP contribution in [-0.4, -0.2) is 85.2 Å². The minimum atomic E-state index is 0.669. The molecule has 162 valence electrons. The van der Waals surface area contributed by atoms with Gasteiger partial charge in [-0.15, -0.1) is 0 Å². The Morgan fingerprint density at radius 3 is 2.00 bits per heavy atom. The first-order valence-electron chi connectivity index (χ1n) is 12.1. The van der Waals surface area contributed by atoms with Gasteiger partial charge in [-0.1, -0.05) is 13.8 Å². The van der Waals surface area contributed by atoms with E-state index in [0.717, 1.165) is 45.2 Å². The molecule has 1 saturated carbocycles. The highest BCUT2D eigenvalue weighted by atomic mass is 15.3. The molecule has 0 unspecified atom stereocenters. The highest BCUT2D eigenvalue weighted by molar-refractivity contribution is 5.47. The number of hydrogen-bond acceptors (Lipinski definition) is 6. The van der Waals surface area contributed by atoms with Gasteiger partial charge < -0.3 is 19.6 Å². The molecule has 0 aromatic carbocycles. The minimum absolute atomic E-state index is 0.669. The van der Waals surface area contributed by atoms with Crippen molar-refractivity contribution < 1.29 is 0 Å². The Balaban J connectivity index is 1.50. The predicted octanol–water partition coefficient (Wildman–Crippen LogP) is 3.20. The van der Waals surface area contributed by atoms with Crippen molar-refractivity contribution in [2.45, 2.75) is 58.3 Å². The molecular weight excluding hydrogens is 360 g/mol. The van der Waals surface area contributed by atoms with Gasteiger partial charge >= 0.3 is 0 Å². The summed E-state index contributed by atoms with van der Waals surface area (Å²) in [5.41, 5.74) is 1.29. The first-order chi connectivity index (χ1) is 14.3. The Labute approximate surface area is 177 Å². The number of nitrogens with zero attached hydrogens (tertiary/aromatic N) is 6. The normalized spacial score (nSPS) is 22.6. The monoisotopic (exact) mass is 400 g/mol. The largest absolute Gasteiger partial charge is 0.355 e. The van der Waals surface area contributed by atoms with E-state index in [4.69, 9.17) is 9.97 Å². The molecule has 3 heterocycles. The van der Waals surface area contributed by atoms with E-state index in [2.05, 4.69) is 39.5 Å². The molecular formula is C23H40N6. The van der Waals surface area contributed by atoms with Crippen LogP contribution in [-0.2, 0) is 0 Å². The van der Waals surface area contributed by atoms with Crippen LogP contribution in [0.25, 0.3) is 0 Å². The molecule has 0 bridgehead atoms. The molecule has 0 radical (unpaired) electrons. The van der Waals surface area contributed by atoms with Crippen molar-refractivity contribution in [1.29, 1.82) is 0 Å². The highest BCUT2D eigenvalue weighted by Crippen LogP contribution is 2.40. The van der Waals surface area contributed by atoms with Gasteiger partial charge in [-0.2, -0.15) is 4.98 Å². The zero-order valence-electron chi connectivity index (χ0n) is 18.7. The second-order valence-electron chi connectivity index (χ2n) is 9.09. The summed E-state index contributed by atoms with van der Waals surface area (Å²) in [4.78, 5) is 20.4. The zero-order chi connectivity index (χ0) is 20.1. The van der Waals surface area contributed by atoms with E-state index in [9.17, 15) is 0 Å². The van der Waals surface area contributed by atoms with E-state index in [1.807, 2.05) is 0 Å². The van der Waals surface area contributed by atoms with E-state index in [-0.39, 0.29) is 0 Å². The van der Waals surface area contributed by atoms with Crippen LogP contribution in [0.1, 0.15) is 64.0 Å². The SMILES string of the molecule is CCCN1CCCN(c2cc(C3CC3)nc(N3CCCN(CCC)CC3)n2)CC1. The van der Waals surface area contributed by atoms with E-state index >= 15 is 0 Å².